The summed E-state index contributed by atoms with van der Waals surface area (Å²) in [6, 6.07) is 2.40. The van der Waals surface area contributed by atoms with Crippen molar-refractivity contribution in [2.24, 2.45) is 0 Å². The van der Waals surface area contributed by atoms with Crippen LogP contribution in [0.4, 0.5) is 0 Å². The fraction of sp³-hybridized carbons (Fsp3) is 0.444. The number of rotatable bonds is 1. The van der Waals surface area contributed by atoms with Gasteiger partial charge < -0.3 is 0 Å². The first kappa shape index (κ1) is 8.28. The van der Waals surface area contributed by atoms with Gasteiger partial charge in [-0.1, -0.05) is 0 Å². The molecule has 1 heterocycles. The molecule has 2 rings (SSSR count). The minimum Gasteiger partial charge on any atom is -0.197 e. The maximum Gasteiger partial charge on any atom is 0.0927 e. The Labute approximate surface area is 84.2 Å². The van der Waals surface area contributed by atoms with Gasteiger partial charge in [-0.15, -0.1) is 11.3 Å². The average Bonchev–Trinajstić information content (AvgIpc) is 2.79. The lowest BCUT2D eigenvalue weighted by Crippen LogP contribution is -1.99. The molecule has 12 heavy (non-hydrogen) atoms. The lowest BCUT2D eigenvalue weighted by Gasteiger charge is -2.02. The molecule has 1 nitrogen and oxygen atoms in total. The highest BCUT2D eigenvalue weighted by Crippen LogP contribution is 2.52. The van der Waals surface area contributed by atoms with Crippen LogP contribution in [0.2, 0.25) is 0 Å². The predicted octanol–water partition coefficient (Wildman–Crippen LogP) is 3.37. The fourth-order valence-electron chi connectivity index (χ4n) is 1.27. The molecule has 1 aliphatic carbocycles. The van der Waals surface area contributed by atoms with Crippen molar-refractivity contribution in [3.63, 3.8) is 0 Å². The number of aryl methyl sites for hydroxylation is 1. The van der Waals surface area contributed by atoms with E-state index in [0.717, 1.165) is 17.3 Å². The van der Waals surface area contributed by atoms with Crippen LogP contribution in [0, 0.1) is 18.3 Å². The second kappa shape index (κ2) is 2.58. The lowest BCUT2D eigenvalue weighted by molar-refractivity contribution is 0.929. The third-order valence-electron chi connectivity index (χ3n) is 2.30. The van der Waals surface area contributed by atoms with Crippen LogP contribution in [0.15, 0.2) is 9.85 Å². The Morgan fingerprint density at radius 3 is 2.67 bits per heavy atom. The quantitative estimate of drug-likeness (QED) is 0.740. The van der Waals surface area contributed by atoms with Crippen LogP contribution in [-0.4, -0.2) is 0 Å². The van der Waals surface area contributed by atoms with Gasteiger partial charge in [0.1, 0.15) is 0 Å². The minimum atomic E-state index is -0.127. The van der Waals surface area contributed by atoms with Gasteiger partial charge >= 0.3 is 0 Å². The molecular weight excluding hydrogens is 234 g/mol. The summed E-state index contributed by atoms with van der Waals surface area (Å²) in [6.07, 6.45) is 2.06. The Morgan fingerprint density at radius 2 is 2.33 bits per heavy atom. The molecule has 0 bridgehead atoms. The van der Waals surface area contributed by atoms with E-state index in [0.29, 0.717) is 0 Å². The summed E-state index contributed by atoms with van der Waals surface area (Å²) in [5.41, 5.74) is 1.12. The van der Waals surface area contributed by atoms with E-state index in [1.165, 1.54) is 10.4 Å². The van der Waals surface area contributed by atoms with Crippen molar-refractivity contribution in [2.75, 3.05) is 0 Å². The topological polar surface area (TPSA) is 23.8 Å². The minimum absolute atomic E-state index is 0.127. The molecule has 3 heteroatoms. The number of thiophene rings is 1. The van der Waals surface area contributed by atoms with Crippen molar-refractivity contribution in [2.45, 2.75) is 25.2 Å². The van der Waals surface area contributed by atoms with E-state index in [1.807, 2.05) is 0 Å². The maximum atomic E-state index is 8.98. The van der Waals surface area contributed by atoms with Gasteiger partial charge in [0.25, 0.3) is 0 Å². The molecule has 0 N–H and O–H groups in total. The van der Waals surface area contributed by atoms with Crippen molar-refractivity contribution in [3.8, 4) is 6.07 Å². The molecule has 0 spiro atoms. The molecule has 62 valence electrons. The summed E-state index contributed by atoms with van der Waals surface area (Å²) in [5, 5.41) is 11.1. The normalized spacial score (nSPS) is 18.8. The third kappa shape index (κ3) is 1.02. The number of hydrogen-bond donors (Lipinski definition) is 0. The Balaban J connectivity index is 2.49. The van der Waals surface area contributed by atoms with E-state index < -0.39 is 0 Å². The zero-order chi connectivity index (χ0) is 8.77. The summed E-state index contributed by atoms with van der Waals surface area (Å²) in [6.45, 7) is 2.07. The van der Waals surface area contributed by atoms with E-state index in [9.17, 15) is 0 Å². The van der Waals surface area contributed by atoms with E-state index in [1.54, 1.807) is 11.3 Å². The van der Waals surface area contributed by atoms with Crippen LogP contribution in [-0.2, 0) is 5.41 Å². The highest BCUT2D eigenvalue weighted by molar-refractivity contribution is 9.10. The van der Waals surface area contributed by atoms with Crippen molar-refractivity contribution in [3.05, 3.63) is 20.3 Å². The van der Waals surface area contributed by atoms with Crippen LogP contribution < -0.4 is 0 Å². The Hall–Kier alpha value is -0.330. The molecule has 0 unspecified atom stereocenters. The second-order valence-corrected chi connectivity index (χ2v) is 4.93. The smallest absolute Gasteiger partial charge is 0.0927 e. The van der Waals surface area contributed by atoms with Crippen molar-refractivity contribution < 1.29 is 0 Å². The van der Waals surface area contributed by atoms with E-state index in [4.69, 9.17) is 5.26 Å². The number of nitriles is 1. The molecule has 1 aliphatic rings. The summed E-state index contributed by atoms with van der Waals surface area (Å²) in [4.78, 5) is 1.22. The van der Waals surface area contributed by atoms with Gasteiger partial charge in [0, 0.05) is 9.35 Å². The van der Waals surface area contributed by atoms with Crippen LogP contribution in [0.1, 0.15) is 23.3 Å². The van der Waals surface area contributed by atoms with Gasteiger partial charge in [-0.25, -0.2) is 0 Å². The third-order valence-corrected chi connectivity index (χ3v) is 4.88. The summed E-state index contributed by atoms with van der Waals surface area (Å²) >= 11 is 5.23. The van der Waals surface area contributed by atoms with Gasteiger partial charge in [-0.2, -0.15) is 5.26 Å². The Morgan fingerprint density at radius 1 is 1.67 bits per heavy atom. The van der Waals surface area contributed by atoms with Gasteiger partial charge in [0.05, 0.1) is 11.5 Å². The lowest BCUT2D eigenvalue weighted by atomic mass is 10.1. The largest absolute Gasteiger partial charge is 0.197 e. The first-order valence-electron chi connectivity index (χ1n) is 3.85. The molecular formula is C9H8BrNS. The van der Waals surface area contributed by atoms with Gasteiger partial charge in [-0.05, 0) is 46.6 Å². The predicted molar refractivity (Wildman–Crippen MR) is 53.3 cm³/mol. The SMILES string of the molecule is Cc1csc(C2(C#N)CC2)c1Br. The monoisotopic (exact) mass is 241 g/mol. The summed E-state index contributed by atoms with van der Waals surface area (Å²) < 4.78 is 1.14. The molecule has 0 saturated heterocycles. The Kier molecular flexibility index (Phi) is 1.78. The number of halogens is 1. The van der Waals surface area contributed by atoms with Gasteiger partial charge in [0.2, 0.25) is 0 Å². The maximum absolute atomic E-state index is 8.98. The van der Waals surface area contributed by atoms with E-state index in [-0.39, 0.29) is 5.41 Å². The zero-order valence-corrected chi connectivity index (χ0v) is 9.13. The molecule has 0 aliphatic heterocycles. The first-order valence-corrected chi connectivity index (χ1v) is 5.52. The van der Waals surface area contributed by atoms with Gasteiger partial charge in [0.15, 0.2) is 0 Å². The molecule has 1 fully saturated rings. The highest BCUT2D eigenvalue weighted by Gasteiger charge is 2.47. The van der Waals surface area contributed by atoms with Gasteiger partial charge in [-0.3, -0.25) is 0 Å². The van der Waals surface area contributed by atoms with Crippen LogP contribution in [0.25, 0.3) is 0 Å². The van der Waals surface area contributed by atoms with Crippen LogP contribution in [0.5, 0.6) is 0 Å². The average molecular weight is 242 g/mol. The van der Waals surface area contributed by atoms with Crippen LogP contribution >= 0.6 is 27.3 Å². The molecule has 1 saturated carbocycles. The zero-order valence-electron chi connectivity index (χ0n) is 6.72. The van der Waals surface area contributed by atoms with Crippen LogP contribution in [0.3, 0.4) is 0 Å². The standard InChI is InChI=1S/C9H8BrNS/c1-6-4-12-8(7(6)10)9(5-11)2-3-9/h4H,2-3H2,1H3. The van der Waals surface area contributed by atoms with Crippen molar-refractivity contribution in [1.82, 2.24) is 0 Å². The highest BCUT2D eigenvalue weighted by atomic mass is 79.9. The molecule has 0 atom stereocenters. The summed E-state index contributed by atoms with van der Waals surface area (Å²) in [7, 11) is 0. The molecule has 0 radical (unpaired) electrons. The number of nitrogens with zero attached hydrogens (tertiary/aromatic N) is 1. The molecule has 1 aromatic heterocycles. The van der Waals surface area contributed by atoms with E-state index >= 15 is 0 Å². The molecule has 1 aromatic rings. The van der Waals surface area contributed by atoms with Crippen molar-refractivity contribution >= 4 is 27.3 Å². The molecule has 0 aromatic carbocycles. The first-order chi connectivity index (χ1) is 5.69. The van der Waals surface area contributed by atoms with Crippen molar-refractivity contribution in [1.29, 1.82) is 5.26 Å². The number of hydrogen-bond acceptors (Lipinski definition) is 2. The van der Waals surface area contributed by atoms with E-state index in [2.05, 4.69) is 34.3 Å². The fourth-order valence-corrected chi connectivity index (χ4v) is 3.35. The second-order valence-electron chi connectivity index (χ2n) is 3.26. The Bertz CT molecular complexity index is 357. The molecule has 0 amide bonds. The summed E-state index contributed by atoms with van der Waals surface area (Å²) in [5.74, 6) is 0.